The summed E-state index contributed by atoms with van der Waals surface area (Å²) in [6, 6.07) is 18.5. The normalized spacial score (nSPS) is 15.6. The number of carbonyl (C=O) groups is 1. The van der Waals surface area contributed by atoms with Crippen LogP contribution < -0.4 is 10.1 Å². The number of likely N-dealkylation sites (tertiary alicyclic amines) is 1. The molecule has 4 rings (SSSR count). The van der Waals surface area contributed by atoms with Gasteiger partial charge in [0.15, 0.2) is 0 Å². The number of H-pyrrole nitrogens is 1. The zero-order valence-electron chi connectivity index (χ0n) is 16.3. The highest BCUT2D eigenvalue weighted by atomic mass is 16.5. The van der Waals surface area contributed by atoms with Gasteiger partial charge in [-0.3, -0.25) is 9.69 Å². The first-order chi connectivity index (χ1) is 13.7. The lowest BCUT2D eigenvalue weighted by molar-refractivity contribution is 0.0904. The van der Waals surface area contributed by atoms with Crippen LogP contribution in [-0.4, -0.2) is 41.5 Å². The summed E-state index contributed by atoms with van der Waals surface area (Å²) in [6.45, 7) is 5.58. The van der Waals surface area contributed by atoms with E-state index in [0.29, 0.717) is 12.3 Å². The molecule has 2 heterocycles. The highest BCUT2D eigenvalue weighted by Crippen LogP contribution is 2.22. The zero-order valence-corrected chi connectivity index (χ0v) is 16.3. The fraction of sp³-hybridized carbons (Fsp3) is 0.348. The van der Waals surface area contributed by atoms with Gasteiger partial charge in [0.2, 0.25) is 0 Å². The van der Waals surface area contributed by atoms with Gasteiger partial charge in [-0.2, -0.15) is 0 Å². The van der Waals surface area contributed by atoms with Gasteiger partial charge in [-0.15, -0.1) is 0 Å². The van der Waals surface area contributed by atoms with Crippen LogP contribution in [0.1, 0.15) is 35.8 Å². The first-order valence-electron chi connectivity index (χ1n) is 10.0. The van der Waals surface area contributed by atoms with Crippen LogP contribution in [0.25, 0.3) is 10.9 Å². The lowest BCUT2D eigenvalue weighted by atomic mass is 10.0. The number of aromatic nitrogens is 1. The Bertz CT molecular complexity index is 927. The van der Waals surface area contributed by atoms with Crippen molar-refractivity contribution in [3.63, 3.8) is 0 Å². The Labute approximate surface area is 165 Å². The van der Waals surface area contributed by atoms with E-state index in [9.17, 15) is 4.79 Å². The van der Waals surface area contributed by atoms with E-state index in [4.69, 9.17) is 4.74 Å². The molecule has 0 saturated carbocycles. The molecule has 0 atom stereocenters. The van der Waals surface area contributed by atoms with Gasteiger partial charge in [-0.25, -0.2) is 0 Å². The molecule has 0 spiro atoms. The average Bonchev–Trinajstić information content (AvgIpc) is 3.14. The predicted molar refractivity (Wildman–Crippen MR) is 112 cm³/mol. The lowest BCUT2D eigenvalue weighted by Gasteiger charge is -2.32. The molecule has 0 unspecified atom stereocenters. The third-order valence-corrected chi connectivity index (χ3v) is 5.32. The molecule has 1 aliphatic rings. The Morgan fingerprint density at radius 2 is 1.93 bits per heavy atom. The molecule has 146 valence electrons. The fourth-order valence-electron chi connectivity index (χ4n) is 3.83. The number of nitrogens with one attached hydrogen (secondary N) is 2. The van der Waals surface area contributed by atoms with Gasteiger partial charge in [0, 0.05) is 42.6 Å². The van der Waals surface area contributed by atoms with Crippen LogP contribution in [-0.2, 0) is 6.54 Å². The molecule has 1 aliphatic heterocycles. The second-order valence-electron chi connectivity index (χ2n) is 7.37. The van der Waals surface area contributed by atoms with E-state index in [2.05, 4.69) is 39.5 Å². The van der Waals surface area contributed by atoms with Crippen molar-refractivity contribution >= 4 is 16.8 Å². The molecule has 0 bridgehead atoms. The number of hydrogen-bond acceptors (Lipinski definition) is 3. The molecule has 0 radical (unpaired) electrons. The van der Waals surface area contributed by atoms with Crippen LogP contribution >= 0.6 is 0 Å². The third-order valence-electron chi connectivity index (χ3n) is 5.32. The van der Waals surface area contributed by atoms with Gasteiger partial charge in [0.1, 0.15) is 11.4 Å². The van der Waals surface area contributed by atoms with Crippen molar-refractivity contribution in [1.29, 1.82) is 0 Å². The van der Waals surface area contributed by atoms with Crippen LogP contribution in [0, 0.1) is 0 Å². The number of benzene rings is 2. The molecule has 1 aromatic heterocycles. The van der Waals surface area contributed by atoms with E-state index in [1.807, 2.05) is 37.3 Å². The van der Waals surface area contributed by atoms with Gasteiger partial charge in [0.25, 0.3) is 5.91 Å². The molecule has 0 aliphatic carbocycles. The Morgan fingerprint density at radius 1 is 1.14 bits per heavy atom. The Kier molecular flexibility index (Phi) is 5.63. The summed E-state index contributed by atoms with van der Waals surface area (Å²) in [5.74, 6) is 0.783. The quantitative estimate of drug-likeness (QED) is 0.684. The number of carbonyl (C=O) groups excluding carboxylic acids is 1. The van der Waals surface area contributed by atoms with Crippen molar-refractivity contribution in [1.82, 2.24) is 15.2 Å². The SMILES string of the molecule is CCOc1ccc2cc(C(=O)NC3CCN(Cc4ccccc4)CC3)[nH]c2c1. The first-order valence-corrected chi connectivity index (χ1v) is 10.0. The standard InChI is InChI=1S/C23H27N3O2/c1-2-28-20-9-8-18-14-22(25-21(18)15-20)23(27)24-19-10-12-26(13-11-19)16-17-6-4-3-5-7-17/h3-9,14-15,19,25H,2,10-13,16H2,1H3,(H,24,27). The first kappa shape index (κ1) is 18.6. The van der Waals surface area contributed by atoms with Crippen LogP contribution in [0.3, 0.4) is 0 Å². The van der Waals surface area contributed by atoms with Crippen molar-refractivity contribution in [3.05, 3.63) is 65.9 Å². The van der Waals surface area contributed by atoms with E-state index < -0.39 is 0 Å². The Hall–Kier alpha value is -2.79. The van der Waals surface area contributed by atoms with Gasteiger partial charge in [-0.1, -0.05) is 30.3 Å². The number of hydrogen-bond donors (Lipinski definition) is 2. The second kappa shape index (κ2) is 8.48. The smallest absolute Gasteiger partial charge is 0.267 e. The average molecular weight is 377 g/mol. The molecule has 5 heteroatoms. The van der Waals surface area contributed by atoms with Crippen molar-refractivity contribution in [2.45, 2.75) is 32.4 Å². The van der Waals surface area contributed by atoms with Crippen LogP contribution in [0.4, 0.5) is 0 Å². The van der Waals surface area contributed by atoms with Crippen molar-refractivity contribution < 1.29 is 9.53 Å². The van der Waals surface area contributed by atoms with E-state index in [1.54, 1.807) is 0 Å². The minimum Gasteiger partial charge on any atom is -0.494 e. The summed E-state index contributed by atoms with van der Waals surface area (Å²) in [5, 5.41) is 4.21. The highest BCUT2D eigenvalue weighted by Gasteiger charge is 2.22. The minimum atomic E-state index is -0.0318. The number of fused-ring (bicyclic) bond motifs is 1. The molecular weight excluding hydrogens is 350 g/mol. The molecule has 28 heavy (non-hydrogen) atoms. The monoisotopic (exact) mass is 377 g/mol. The topological polar surface area (TPSA) is 57.4 Å². The summed E-state index contributed by atoms with van der Waals surface area (Å²) in [6.07, 6.45) is 1.96. The maximum Gasteiger partial charge on any atom is 0.267 e. The summed E-state index contributed by atoms with van der Waals surface area (Å²) < 4.78 is 5.53. The van der Waals surface area contributed by atoms with Crippen LogP contribution in [0.15, 0.2) is 54.6 Å². The van der Waals surface area contributed by atoms with Crippen LogP contribution in [0.2, 0.25) is 0 Å². The number of amides is 1. The molecule has 3 aromatic rings. The number of rotatable bonds is 6. The highest BCUT2D eigenvalue weighted by molar-refractivity contribution is 5.98. The van der Waals surface area contributed by atoms with E-state index in [1.165, 1.54) is 5.56 Å². The molecule has 1 saturated heterocycles. The predicted octanol–water partition coefficient (Wildman–Crippen LogP) is 3.96. The summed E-state index contributed by atoms with van der Waals surface area (Å²) >= 11 is 0. The van der Waals surface area contributed by atoms with Gasteiger partial charge in [0.05, 0.1) is 6.61 Å². The second-order valence-corrected chi connectivity index (χ2v) is 7.37. The lowest BCUT2D eigenvalue weighted by Crippen LogP contribution is -2.44. The van der Waals surface area contributed by atoms with E-state index >= 15 is 0 Å². The zero-order chi connectivity index (χ0) is 19.3. The van der Waals surface area contributed by atoms with Crippen LogP contribution in [0.5, 0.6) is 5.75 Å². The molecule has 1 fully saturated rings. The molecule has 2 aromatic carbocycles. The van der Waals surface area contributed by atoms with Gasteiger partial charge in [-0.05, 0) is 43.5 Å². The molecule has 5 nitrogen and oxygen atoms in total. The Balaban J connectivity index is 1.32. The van der Waals surface area contributed by atoms with Crippen molar-refractivity contribution in [2.75, 3.05) is 19.7 Å². The molecule has 2 N–H and O–H groups in total. The Morgan fingerprint density at radius 3 is 2.68 bits per heavy atom. The number of aromatic amines is 1. The summed E-state index contributed by atoms with van der Waals surface area (Å²) in [4.78, 5) is 18.4. The van der Waals surface area contributed by atoms with Gasteiger partial charge < -0.3 is 15.0 Å². The third kappa shape index (κ3) is 4.37. The van der Waals surface area contributed by atoms with E-state index in [-0.39, 0.29) is 11.9 Å². The fourth-order valence-corrected chi connectivity index (χ4v) is 3.83. The minimum absolute atomic E-state index is 0.0318. The van der Waals surface area contributed by atoms with Crippen molar-refractivity contribution in [3.8, 4) is 5.75 Å². The van der Waals surface area contributed by atoms with Crippen molar-refractivity contribution in [2.24, 2.45) is 0 Å². The largest absolute Gasteiger partial charge is 0.494 e. The maximum atomic E-state index is 12.7. The number of ether oxygens (including phenoxy) is 1. The van der Waals surface area contributed by atoms with E-state index in [0.717, 1.165) is 49.1 Å². The summed E-state index contributed by atoms with van der Waals surface area (Å²) in [5.41, 5.74) is 2.87. The van der Waals surface area contributed by atoms with Gasteiger partial charge >= 0.3 is 0 Å². The molecule has 1 amide bonds. The molecular formula is C23H27N3O2. The maximum absolute atomic E-state index is 12.7. The number of nitrogens with zero attached hydrogens (tertiary/aromatic N) is 1. The number of piperidine rings is 1. The summed E-state index contributed by atoms with van der Waals surface area (Å²) in [7, 11) is 0.